The van der Waals surface area contributed by atoms with Crippen molar-refractivity contribution in [2.24, 2.45) is 11.8 Å². The zero-order chi connectivity index (χ0) is 17.9. The second-order valence-electron chi connectivity index (χ2n) is 6.14. The molecule has 0 spiro atoms. The summed E-state index contributed by atoms with van der Waals surface area (Å²) in [5.41, 5.74) is 1.40. The van der Waals surface area contributed by atoms with Gasteiger partial charge in [0.25, 0.3) is 5.91 Å². The van der Waals surface area contributed by atoms with E-state index in [1.807, 2.05) is 0 Å². The zero-order valence-electron chi connectivity index (χ0n) is 13.7. The van der Waals surface area contributed by atoms with Gasteiger partial charge in [0.2, 0.25) is 5.91 Å². The first-order valence-electron chi connectivity index (χ1n) is 7.94. The van der Waals surface area contributed by atoms with Crippen LogP contribution in [0.25, 0.3) is 0 Å². The summed E-state index contributed by atoms with van der Waals surface area (Å²) in [6.07, 6.45) is -3.06. The highest BCUT2D eigenvalue weighted by Crippen LogP contribution is 2.42. The van der Waals surface area contributed by atoms with Crippen molar-refractivity contribution in [1.29, 1.82) is 0 Å². The molecule has 2 rings (SSSR count). The van der Waals surface area contributed by atoms with Gasteiger partial charge < -0.3 is 10.6 Å². The smallest absolute Gasteiger partial charge is 0.355 e. The number of benzene rings is 1. The van der Waals surface area contributed by atoms with E-state index in [-0.39, 0.29) is 18.7 Å². The largest absolute Gasteiger partial charge is 0.392 e. The predicted octanol–water partition coefficient (Wildman–Crippen LogP) is 3.66. The van der Waals surface area contributed by atoms with Gasteiger partial charge in [0.1, 0.15) is 0 Å². The normalized spacial score (nSPS) is 21.2. The number of carbonyl (C=O) groups is 2. The first-order valence-corrected chi connectivity index (χ1v) is 7.94. The molecule has 7 heteroatoms. The van der Waals surface area contributed by atoms with Gasteiger partial charge in [-0.15, -0.1) is 0 Å². The average molecular weight is 342 g/mol. The van der Waals surface area contributed by atoms with Gasteiger partial charge in [0.05, 0.1) is 5.92 Å². The number of rotatable bonds is 3. The summed E-state index contributed by atoms with van der Waals surface area (Å²) in [6.45, 7) is 1.73. The van der Waals surface area contributed by atoms with Crippen molar-refractivity contribution in [2.75, 3.05) is 12.4 Å². The number of alkyl halides is 3. The Hall–Kier alpha value is -2.05. The molecule has 24 heavy (non-hydrogen) atoms. The average Bonchev–Trinajstić information content (AvgIpc) is 2.55. The summed E-state index contributed by atoms with van der Waals surface area (Å²) in [5.74, 6) is -3.64. The minimum absolute atomic E-state index is 0.0150. The molecule has 2 N–H and O–H groups in total. The molecule has 1 fully saturated rings. The molecular weight excluding hydrogens is 321 g/mol. The number of anilines is 1. The molecule has 0 aromatic heterocycles. The van der Waals surface area contributed by atoms with Crippen molar-refractivity contribution in [1.82, 2.24) is 5.32 Å². The van der Waals surface area contributed by atoms with E-state index in [0.717, 1.165) is 0 Å². The molecule has 1 aromatic rings. The van der Waals surface area contributed by atoms with Crippen LogP contribution in [0.3, 0.4) is 0 Å². The Bertz CT molecular complexity index is 629. The maximum atomic E-state index is 13.2. The third-order valence-corrected chi connectivity index (χ3v) is 4.51. The molecule has 1 saturated carbocycles. The number of nitrogens with one attached hydrogen (secondary N) is 2. The molecule has 0 heterocycles. The van der Waals surface area contributed by atoms with Crippen LogP contribution in [0, 0.1) is 18.8 Å². The fourth-order valence-electron chi connectivity index (χ4n) is 3.10. The van der Waals surface area contributed by atoms with Crippen LogP contribution in [0.4, 0.5) is 18.9 Å². The van der Waals surface area contributed by atoms with Crippen LogP contribution in [0.5, 0.6) is 0 Å². The molecule has 1 aromatic carbocycles. The van der Waals surface area contributed by atoms with E-state index in [0.29, 0.717) is 29.7 Å². The minimum Gasteiger partial charge on any atom is -0.355 e. The SMILES string of the molecule is CNC(=O)c1ccc(C)c(NC(=O)[C@@H]2CCCC[C@H]2C(F)(F)F)c1. The van der Waals surface area contributed by atoms with Crippen LogP contribution in [-0.2, 0) is 4.79 Å². The van der Waals surface area contributed by atoms with Crippen molar-refractivity contribution in [3.8, 4) is 0 Å². The molecule has 0 radical (unpaired) electrons. The maximum absolute atomic E-state index is 13.2. The van der Waals surface area contributed by atoms with E-state index in [9.17, 15) is 22.8 Å². The predicted molar refractivity (Wildman–Crippen MR) is 84.7 cm³/mol. The van der Waals surface area contributed by atoms with E-state index < -0.39 is 23.9 Å². The Balaban J connectivity index is 2.20. The van der Waals surface area contributed by atoms with Crippen LogP contribution in [0.2, 0.25) is 0 Å². The van der Waals surface area contributed by atoms with E-state index >= 15 is 0 Å². The van der Waals surface area contributed by atoms with Crippen molar-refractivity contribution < 1.29 is 22.8 Å². The zero-order valence-corrected chi connectivity index (χ0v) is 13.7. The summed E-state index contributed by atoms with van der Waals surface area (Å²) >= 11 is 0. The summed E-state index contributed by atoms with van der Waals surface area (Å²) < 4.78 is 39.5. The van der Waals surface area contributed by atoms with Gasteiger partial charge >= 0.3 is 6.18 Å². The van der Waals surface area contributed by atoms with E-state index in [1.54, 1.807) is 19.1 Å². The lowest BCUT2D eigenvalue weighted by molar-refractivity contribution is -0.197. The number of amides is 2. The number of hydrogen-bond acceptors (Lipinski definition) is 2. The van der Waals surface area contributed by atoms with Crippen LogP contribution in [0.1, 0.15) is 41.6 Å². The molecule has 2 atom stereocenters. The Labute approximate surface area is 138 Å². The Morgan fingerprint density at radius 3 is 2.46 bits per heavy atom. The molecule has 132 valence electrons. The van der Waals surface area contributed by atoms with Gasteiger partial charge in [0, 0.05) is 24.2 Å². The fourth-order valence-corrected chi connectivity index (χ4v) is 3.10. The molecule has 2 amide bonds. The van der Waals surface area contributed by atoms with E-state index in [1.165, 1.54) is 13.1 Å². The van der Waals surface area contributed by atoms with Gasteiger partial charge in [0.15, 0.2) is 0 Å². The van der Waals surface area contributed by atoms with Gasteiger partial charge in [-0.1, -0.05) is 18.9 Å². The maximum Gasteiger partial charge on any atom is 0.392 e. The number of halogens is 3. The molecular formula is C17H21F3N2O2. The standard InChI is InChI=1S/C17H21F3N2O2/c1-10-7-8-11(15(23)21-2)9-14(10)22-16(24)12-5-3-4-6-13(12)17(18,19)20/h7-9,12-13H,3-6H2,1-2H3,(H,21,23)(H,22,24)/t12-,13-/m1/s1. The second kappa shape index (κ2) is 7.23. The van der Waals surface area contributed by atoms with E-state index in [2.05, 4.69) is 10.6 Å². The lowest BCUT2D eigenvalue weighted by Gasteiger charge is -2.32. The fraction of sp³-hybridized carbons (Fsp3) is 0.529. The molecule has 0 bridgehead atoms. The van der Waals surface area contributed by atoms with Crippen molar-refractivity contribution in [3.63, 3.8) is 0 Å². The molecule has 1 aliphatic carbocycles. The molecule has 0 unspecified atom stereocenters. The molecule has 1 aliphatic rings. The van der Waals surface area contributed by atoms with Gasteiger partial charge in [-0.05, 0) is 37.5 Å². The highest BCUT2D eigenvalue weighted by Gasteiger charge is 2.48. The topological polar surface area (TPSA) is 58.2 Å². The second-order valence-corrected chi connectivity index (χ2v) is 6.14. The highest BCUT2D eigenvalue weighted by atomic mass is 19.4. The lowest BCUT2D eigenvalue weighted by atomic mass is 9.78. The molecule has 4 nitrogen and oxygen atoms in total. The minimum atomic E-state index is -4.37. The van der Waals surface area contributed by atoms with Gasteiger partial charge in [-0.3, -0.25) is 9.59 Å². The highest BCUT2D eigenvalue weighted by molar-refractivity contribution is 5.98. The van der Waals surface area contributed by atoms with Crippen LogP contribution in [-0.4, -0.2) is 25.0 Å². The third-order valence-electron chi connectivity index (χ3n) is 4.51. The molecule has 0 aliphatic heterocycles. The summed E-state index contributed by atoms with van der Waals surface area (Å²) in [7, 11) is 1.48. The first kappa shape index (κ1) is 18.3. The number of hydrogen-bond donors (Lipinski definition) is 2. The Morgan fingerprint density at radius 1 is 1.17 bits per heavy atom. The quantitative estimate of drug-likeness (QED) is 0.881. The molecule has 0 saturated heterocycles. The van der Waals surface area contributed by atoms with Crippen LogP contribution < -0.4 is 10.6 Å². The Kier molecular flexibility index (Phi) is 5.51. The van der Waals surface area contributed by atoms with E-state index in [4.69, 9.17) is 0 Å². The van der Waals surface area contributed by atoms with Gasteiger partial charge in [-0.25, -0.2) is 0 Å². The number of aryl methyl sites for hydroxylation is 1. The third kappa shape index (κ3) is 4.07. The number of carbonyl (C=O) groups excluding carboxylic acids is 2. The van der Waals surface area contributed by atoms with Gasteiger partial charge in [-0.2, -0.15) is 13.2 Å². The van der Waals surface area contributed by atoms with Crippen LogP contribution >= 0.6 is 0 Å². The summed E-state index contributed by atoms with van der Waals surface area (Å²) in [4.78, 5) is 24.1. The summed E-state index contributed by atoms with van der Waals surface area (Å²) in [6, 6.07) is 4.74. The Morgan fingerprint density at radius 2 is 1.83 bits per heavy atom. The lowest BCUT2D eigenvalue weighted by Crippen LogP contribution is -2.39. The van der Waals surface area contributed by atoms with Crippen molar-refractivity contribution in [3.05, 3.63) is 29.3 Å². The van der Waals surface area contributed by atoms with Crippen molar-refractivity contribution in [2.45, 2.75) is 38.8 Å². The first-order chi connectivity index (χ1) is 11.2. The monoisotopic (exact) mass is 342 g/mol. The summed E-state index contributed by atoms with van der Waals surface area (Å²) in [5, 5.41) is 5.05. The van der Waals surface area contributed by atoms with Crippen LogP contribution in [0.15, 0.2) is 18.2 Å². The van der Waals surface area contributed by atoms with Crippen molar-refractivity contribution >= 4 is 17.5 Å².